The molecule has 3 heteroatoms. The quantitative estimate of drug-likeness (QED) is 0.830. The third-order valence-electron chi connectivity index (χ3n) is 3.94. The molecule has 0 aliphatic rings. The van der Waals surface area contributed by atoms with Crippen molar-refractivity contribution < 1.29 is 4.74 Å². The number of hydrogen-bond acceptors (Lipinski definition) is 3. The van der Waals surface area contributed by atoms with E-state index in [0.29, 0.717) is 18.5 Å². The molecule has 114 valence electrons. The highest BCUT2D eigenvalue weighted by molar-refractivity contribution is 5.31. The van der Waals surface area contributed by atoms with Gasteiger partial charge in [-0.2, -0.15) is 0 Å². The lowest BCUT2D eigenvalue weighted by Gasteiger charge is -2.35. The van der Waals surface area contributed by atoms with Gasteiger partial charge in [0, 0.05) is 18.6 Å². The maximum atomic E-state index is 6.01. The molecule has 0 amide bonds. The fourth-order valence-corrected chi connectivity index (χ4v) is 2.36. The van der Waals surface area contributed by atoms with Gasteiger partial charge in [-0.25, -0.2) is 0 Å². The van der Waals surface area contributed by atoms with E-state index in [1.807, 2.05) is 26.0 Å². The first-order valence-corrected chi connectivity index (χ1v) is 7.55. The summed E-state index contributed by atoms with van der Waals surface area (Å²) in [6, 6.07) is 9.00. The standard InChI is InChI=1S/C17H30N2O/c1-12(2)14(5)19(6)17(11-18)15-8-7-9-16(10-15)20-13(3)4/h7-10,12-14,17H,11,18H2,1-6H3. The first kappa shape index (κ1) is 17.0. The molecule has 0 saturated heterocycles. The molecule has 0 bridgehead atoms. The summed E-state index contributed by atoms with van der Waals surface area (Å²) in [5.74, 6) is 1.52. The second-order valence-corrected chi connectivity index (χ2v) is 6.14. The van der Waals surface area contributed by atoms with Crippen LogP contribution in [0.3, 0.4) is 0 Å². The van der Waals surface area contributed by atoms with E-state index in [-0.39, 0.29) is 12.1 Å². The smallest absolute Gasteiger partial charge is 0.120 e. The molecule has 0 heterocycles. The van der Waals surface area contributed by atoms with Gasteiger partial charge in [0.25, 0.3) is 0 Å². The fourth-order valence-electron chi connectivity index (χ4n) is 2.36. The molecule has 1 aromatic rings. The van der Waals surface area contributed by atoms with Crippen LogP contribution in [0.4, 0.5) is 0 Å². The fraction of sp³-hybridized carbons (Fsp3) is 0.647. The predicted octanol–water partition coefficient (Wildman–Crippen LogP) is 3.45. The Hall–Kier alpha value is -1.06. The second kappa shape index (κ2) is 7.65. The summed E-state index contributed by atoms with van der Waals surface area (Å²) in [5, 5.41) is 0. The molecule has 0 saturated carbocycles. The van der Waals surface area contributed by atoms with E-state index >= 15 is 0 Å². The zero-order valence-corrected chi connectivity index (χ0v) is 13.8. The van der Waals surface area contributed by atoms with Crippen LogP contribution < -0.4 is 10.5 Å². The van der Waals surface area contributed by atoms with Gasteiger partial charge in [-0.05, 0) is 51.4 Å². The third kappa shape index (κ3) is 4.50. The Morgan fingerprint density at radius 2 is 1.80 bits per heavy atom. The maximum absolute atomic E-state index is 6.01. The van der Waals surface area contributed by atoms with Crippen LogP contribution >= 0.6 is 0 Å². The molecule has 3 nitrogen and oxygen atoms in total. The molecule has 2 atom stereocenters. The first-order valence-electron chi connectivity index (χ1n) is 7.55. The number of rotatable bonds is 7. The second-order valence-electron chi connectivity index (χ2n) is 6.14. The average Bonchev–Trinajstić information content (AvgIpc) is 2.38. The van der Waals surface area contributed by atoms with E-state index in [4.69, 9.17) is 10.5 Å². The number of nitrogens with two attached hydrogens (primary N) is 1. The van der Waals surface area contributed by atoms with Crippen LogP contribution in [0.2, 0.25) is 0 Å². The highest BCUT2D eigenvalue weighted by Gasteiger charge is 2.22. The molecule has 0 aliphatic heterocycles. The minimum absolute atomic E-state index is 0.189. The van der Waals surface area contributed by atoms with Gasteiger partial charge in [0.05, 0.1) is 6.10 Å². The zero-order chi connectivity index (χ0) is 15.3. The Morgan fingerprint density at radius 3 is 2.30 bits per heavy atom. The SMILES string of the molecule is CC(C)Oc1cccc(C(CN)N(C)C(C)C(C)C)c1. The van der Waals surface area contributed by atoms with Crippen LogP contribution in [0.1, 0.15) is 46.2 Å². The number of likely N-dealkylation sites (N-methyl/N-ethyl adjacent to an activating group) is 1. The van der Waals surface area contributed by atoms with Gasteiger partial charge in [-0.3, -0.25) is 4.90 Å². The summed E-state index contributed by atoms with van der Waals surface area (Å²) < 4.78 is 5.78. The van der Waals surface area contributed by atoms with E-state index < -0.39 is 0 Å². The van der Waals surface area contributed by atoms with Crippen molar-refractivity contribution in [1.82, 2.24) is 4.90 Å². The Kier molecular flexibility index (Phi) is 6.50. The molecule has 0 radical (unpaired) electrons. The monoisotopic (exact) mass is 278 g/mol. The summed E-state index contributed by atoms with van der Waals surface area (Å²) in [4.78, 5) is 2.36. The Balaban J connectivity index is 2.94. The Morgan fingerprint density at radius 1 is 1.15 bits per heavy atom. The summed E-state index contributed by atoms with van der Waals surface area (Å²) in [6.45, 7) is 11.4. The molecular weight excluding hydrogens is 248 g/mol. The molecule has 0 spiro atoms. The van der Waals surface area contributed by atoms with Crippen molar-refractivity contribution in [2.24, 2.45) is 11.7 Å². The number of benzene rings is 1. The third-order valence-corrected chi connectivity index (χ3v) is 3.94. The number of ether oxygens (including phenoxy) is 1. The van der Waals surface area contributed by atoms with Crippen molar-refractivity contribution in [2.75, 3.05) is 13.6 Å². The van der Waals surface area contributed by atoms with Crippen LogP contribution in [0.25, 0.3) is 0 Å². The van der Waals surface area contributed by atoms with Crippen LogP contribution in [0, 0.1) is 5.92 Å². The zero-order valence-electron chi connectivity index (χ0n) is 13.8. The molecule has 2 unspecified atom stereocenters. The van der Waals surface area contributed by atoms with E-state index in [1.54, 1.807) is 0 Å². The van der Waals surface area contributed by atoms with Gasteiger partial charge in [-0.15, -0.1) is 0 Å². The molecule has 0 aromatic heterocycles. The van der Waals surface area contributed by atoms with Crippen molar-refractivity contribution in [3.05, 3.63) is 29.8 Å². The summed E-state index contributed by atoms with van der Waals surface area (Å²) in [6.07, 6.45) is 0.189. The largest absolute Gasteiger partial charge is 0.491 e. The van der Waals surface area contributed by atoms with Gasteiger partial charge in [0.2, 0.25) is 0 Å². The molecule has 0 fully saturated rings. The predicted molar refractivity (Wildman–Crippen MR) is 86.1 cm³/mol. The van der Waals surface area contributed by atoms with Gasteiger partial charge < -0.3 is 10.5 Å². The molecule has 1 aromatic carbocycles. The minimum atomic E-state index is 0.189. The van der Waals surface area contributed by atoms with Gasteiger partial charge in [0.1, 0.15) is 5.75 Å². The minimum Gasteiger partial charge on any atom is -0.491 e. The van der Waals surface area contributed by atoms with Crippen LogP contribution in [-0.4, -0.2) is 30.6 Å². The summed E-state index contributed by atoms with van der Waals surface area (Å²) in [5.41, 5.74) is 7.24. The molecular formula is C17H30N2O. The van der Waals surface area contributed by atoms with Crippen LogP contribution in [0.15, 0.2) is 24.3 Å². The topological polar surface area (TPSA) is 38.5 Å². The van der Waals surface area contributed by atoms with Crippen LogP contribution in [0.5, 0.6) is 5.75 Å². The Bertz CT molecular complexity index is 404. The van der Waals surface area contributed by atoms with E-state index in [1.165, 1.54) is 5.56 Å². The van der Waals surface area contributed by atoms with E-state index in [9.17, 15) is 0 Å². The molecule has 20 heavy (non-hydrogen) atoms. The normalized spacial score (nSPS) is 14.9. The maximum Gasteiger partial charge on any atom is 0.120 e. The highest BCUT2D eigenvalue weighted by Crippen LogP contribution is 2.26. The highest BCUT2D eigenvalue weighted by atomic mass is 16.5. The van der Waals surface area contributed by atoms with Crippen LogP contribution in [-0.2, 0) is 0 Å². The van der Waals surface area contributed by atoms with Gasteiger partial charge in [0.15, 0.2) is 0 Å². The van der Waals surface area contributed by atoms with Crippen molar-refractivity contribution in [3.8, 4) is 5.75 Å². The lowest BCUT2D eigenvalue weighted by Crippen LogP contribution is -2.39. The lowest BCUT2D eigenvalue weighted by molar-refractivity contribution is 0.151. The average molecular weight is 278 g/mol. The molecule has 1 rings (SSSR count). The van der Waals surface area contributed by atoms with Crippen molar-refractivity contribution >= 4 is 0 Å². The first-order chi connectivity index (χ1) is 9.36. The molecule has 2 N–H and O–H groups in total. The summed E-state index contributed by atoms with van der Waals surface area (Å²) >= 11 is 0. The van der Waals surface area contributed by atoms with Crippen molar-refractivity contribution in [3.63, 3.8) is 0 Å². The number of nitrogens with zero attached hydrogens (tertiary/aromatic N) is 1. The van der Waals surface area contributed by atoms with Gasteiger partial charge >= 0.3 is 0 Å². The van der Waals surface area contributed by atoms with Gasteiger partial charge in [-0.1, -0.05) is 26.0 Å². The lowest BCUT2D eigenvalue weighted by atomic mass is 9.99. The van der Waals surface area contributed by atoms with E-state index in [0.717, 1.165) is 5.75 Å². The Labute approximate surface area is 124 Å². The van der Waals surface area contributed by atoms with Crippen molar-refractivity contribution in [1.29, 1.82) is 0 Å². The number of hydrogen-bond donors (Lipinski definition) is 1. The van der Waals surface area contributed by atoms with Crippen molar-refractivity contribution in [2.45, 2.75) is 52.8 Å². The van der Waals surface area contributed by atoms with E-state index in [2.05, 4.69) is 44.9 Å². The molecule has 0 aliphatic carbocycles. The summed E-state index contributed by atoms with van der Waals surface area (Å²) in [7, 11) is 2.15.